The van der Waals surface area contributed by atoms with E-state index in [4.69, 9.17) is 15.3 Å². The Bertz CT molecular complexity index is 844. The lowest BCUT2D eigenvalue weighted by Crippen LogP contribution is -2.15. The van der Waals surface area contributed by atoms with Crippen molar-refractivity contribution in [2.45, 2.75) is 39.7 Å². The Hall–Kier alpha value is -3.04. The summed E-state index contributed by atoms with van der Waals surface area (Å²) in [7, 11) is 0. The van der Waals surface area contributed by atoms with Gasteiger partial charge in [-0.15, -0.1) is 0 Å². The van der Waals surface area contributed by atoms with Crippen LogP contribution in [0, 0.1) is 29.6 Å². The molecule has 0 spiro atoms. The van der Waals surface area contributed by atoms with Gasteiger partial charge in [0.1, 0.15) is 30.1 Å². The molecule has 0 bridgehead atoms. The first-order valence-corrected chi connectivity index (χ1v) is 8.19. The Morgan fingerprint density at radius 3 is 2.28 bits per heavy atom. The molecule has 3 heteroatoms. The molecule has 0 aromatic heterocycles. The lowest BCUT2D eigenvalue weighted by Gasteiger charge is -2.25. The molecule has 0 aliphatic carbocycles. The topological polar surface area (TPSA) is 56.8 Å². The van der Waals surface area contributed by atoms with Gasteiger partial charge in [-0.3, -0.25) is 0 Å². The predicted molar refractivity (Wildman–Crippen MR) is 99.9 cm³/mol. The summed E-state index contributed by atoms with van der Waals surface area (Å²) in [6.45, 7) is 8.81. The average Bonchev–Trinajstić information content (AvgIpc) is 2.58. The molecule has 2 aromatic carbocycles. The Labute approximate surface area is 149 Å². The Morgan fingerprint density at radius 2 is 1.72 bits per heavy atom. The number of nitrogens with zero attached hydrogens (tertiary/aromatic N) is 2. The monoisotopic (exact) mass is 330 g/mol. The van der Waals surface area contributed by atoms with E-state index in [9.17, 15) is 0 Å². The zero-order valence-electron chi connectivity index (χ0n) is 15.1. The normalized spacial score (nSPS) is 10.5. The number of rotatable bonds is 4. The molecular formula is C22H22N2O. The number of ether oxygens (including phenoxy) is 1. The zero-order chi connectivity index (χ0) is 18.4. The molecule has 126 valence electrons. The van der Waals surface area contributed by atoms with Gasteiger partial charge in [-0.1, -0.05) is 57.2 Å². The highest BCUT2D eigenvalue weighted by Gasteiger charge is 2.22. The van der Waals surface area contributed by atoms with Gasteiger partial charge in [0, 0.05) is 11.1 Å². The van der Waals surface area contributed by atoms with Gasteiger partial charge < -0.3 is 4.74 Å². The van der Waals surface area contributed by atoms with E-state index in [1.54, 1.807) is 6.08 Å². The predicted octanol–water partition coefficient (Wildman–Crippen LogP) is 5.30. The molecule has 2 aromatic rings. The second-order valence-electron chi connectivity index (χ2n) is 7.04. The Morgan fingerprint density at radius 1 is 1.08 bits per heavy atom. The van der Waals surface area contributed by atoms with Gasteiger partial charge in [0.15, 0.2) is 0 Å². The first-order valence-electron chi connectivity index (χ1n) is 8.19. The van der Waals surface area contributed by atoms with Gasteiger partial charge >= 0.3 is 0 Å². The van der Waals surface area contributed by atoms with Crippen LogP contribution in [0.5, 0.6) is 5.75 Å². The SMILES string of the molecule is Cc1cc(C=C(C#N)C#N)c(OCc2ccccc2)c(C(C)(C)C)c1. The van der Waals surface area contributed by atoms with Crippen LogP contribution in [0.1, 0.15) is 43.0 Å². The number of hydrogen-bond acceptors (Lipinski definition) is 3. The molecule has 0 aliphatic rings. The van der Waals surface area contributed by atoms with Crippen molar-refractivity contribution < 1.29 is 4.74 Å². The minimum absolute atomic E-state index is 0.0648. The van der Waals surface area contributed by atoms with E-state index in [1.807, 2.05) is 55.5 Å². The van der Waals surface area contributed by atoms with Crippen LogP contribution in [-0.2, 0) is 12.0 Å². The van der Waals surface area contributed by atoms with Crippen molar-refractivity contribution in [3.63, 3.8) is 0 Å². The molecule has 0 saturated carbocycles. The highest BCUT2D eigenvalue weighted by Crippen LogP contribution is 2.37. The number of hydrogen-bond donors (Lipinski definition) is 0. The van der Waals surface area contributed by atoms with Gasteiger partial charge in [0.25, 0.3) is 0 Å². The smallest absolute Gasteiger partial charge is 0.130 e. The number of aryl methyl sites for hydroxylation is 1. The summed E-state index contributed by atoms with van der Waals surface area (Å²) >= 11 is 0. The van der Waals surface area contributed by atoms with E-state index < -0.39 is 0 Å². The summed E-state index contributed by atoms with van der Waals surface area (Å²) in [4.78, 5) is 0. The number of benzene rings is 2. The molecule has 0 saturated heterocycles. The fraction of sp³-hybridized carbons (Fsp3) is 0.273. The molecular weight excluding hydrogens is 308 g/mol. The fourth-order valence-electron chi connectivity index (χ4n) is 2.60. The molecule has 0 heterocycles. The van der Waals surface area contributed by atoms with Crippen molar-refractivity contribution in [2.24, 2.45) is 0 Å². The molecule has 0 N–H and O–H groups in total. The van der Waals surface area contributed by atoms with Crippen LogP contribution < -0.4 is 4.74 Å². The van der Waals surface area contributed by atoms with E-state index in [2.05, 4.69) is 26.8 Å². The third-order valence-corrected chi connectivity index (χ3v) is 3.84. The van der Waals surface area contributed by atoms with Gasteiger partial charge in [-0.25, -0.2) is 0 Å². The average molecular weight is 330 g/mol. The van der Waals surface area contributed by atoms with Crippen molar-refractivity contribution in [1.82, 2.24) is 0 Å². The van der Waals surface area contributed by atoms with Gasteiger partial charge in [0.05, 0.1) is 0 Å². The summed E-state index contributed by atoms with van der Waals surface area (Å²) in [5, 5.41) is 18.2. The summed E-state index contributed by atoms with van der Waals surface area (Å²) in [5.74, 6) is 0.727. The van der Waals surface area contributed by atoms with Crippen LogP contribution in [0.3, 0.4) is 0 Å². The van der Waals surface area contributed by atoms with Crippen molar-refractivity contribution in [2.75, 3.05) is 0 Å². The largest absolute Gasteiger partial charge is 0.488 e. The maximum absolute atomic E-state index is 9.10. The fourth-order valence-corrected chi connectivity index (χ4v) is 2.60. The van der Waals surface area contributed by atoms with E-state index in [0.717, 1.165) is 28.0 Å². The zero-order valence-corrected chi connectivity index (χ0v) is 15.1. The summed E-state index contributed by atoms with van der Waals surface area (Å²) in [6, 6.07) is 17.8. The standard InChI is InChI=1S/C22H22N2O/c1-16-10-19(12-18(13-23)14-24)21(20(11-16)22(2,3)4)25-15-17-8-6-5-7-9-17/h5-12H,15H2,1-4H3. The molecule has 0 atom stereocenters. The minimum Gasteiger partial charge on any atom is -0.488 e. The minimum atomic E-state index is -0.125. The molecule has 3 nitrogen and oxygen atoms in total. The van der Waals surface area contributed by atoms with Crippen molar-refractivity contribution in [3.05, 3.63) is 70.3 Å². The highest BCUT2D eigenvalue weighted by atomic mass is 16.5. The van der Waals surface area contributed by atoms with Crippen LogP contribution in [0.15, 0.2) is 48.0 Å². The number of allylic oxidation sites excluding steroid dienone is 1. The summed E-state index contributed by atoms with van der Waals surface area (Å²) in [6.07, 6.45) is 1.60. The molecule has 0 aliphatic heterocycles. The van der Waals surface area contributed by atoms with Crippen LogP contribution >= 0.6 is 0 Å². The van der Waals surface area contributed by atoms with Gasteiger partial charge in [0.2, 0.25) is 0 Å². The van der Waals surface area contributed by atoms with Crippen LogP contribution in [-0.4, -0.2) is 0 Å². The van der Waals surface area contributed by atoms with Crippen molar-refractivity contribution in [3.8, 4) is 17.9 Å². The van der Waals surface area contributed by atoms with E-state index in [0.29, 0.717) is 6.61 Å². The van der Waals surface area contributed by atoms with Crippen LogP contribution in [0.2, 0.25) is 0 Å². The first kappa shape index (κ1) is 18.3. The highest BCUT2D eigenvalue weighted by molar-refractivity contribution is 5.69. The second-order valence-corrected chi connectivity index (χ2v) is 7.04. The van der Waals surface area contributed by atoms with E-state index >= 15 is 0 Å². The quantitative estimate of drug-likeness (QED) is 0.715. The number of nitriles is 2. The lowest BCUT2D eigenvalue weighted by atomic mass is 9.84. The molecule has 0 amide bonds. The van der Waals surface area contributed by atoms with Gasteiger partial charge in [-0.2, -0.15) is 10.5 Å². The second kappa shape index (κ2) is 7.69. The van der Waals surface area contributed by atoms with Crippen LogP contribution in [0.25, 0.3) is 6.08 Å². The molecule has 0 unspecified atom stereocenters. The Balaban J connectivity index is 2.55. The maximum atomic E-state index is 9.10. The van der Waals surface area contributed by atoms with E-state index in [-0.39, 0.29) is 11.0 Å². The molecule has 0 fully saturated rings. The third-order valence-electron chi connectivity index (χ3n) is 3.84. The Kier molecular flexibility index (Phi) is 5.63. The van der Waals surface area contributed by atoms with Crippen molar-refractivity contribution in [1.29, 1.82) is 10.5 Å². The molecule has 0 radical (unpaired) electrons. The third kappa shape index (κ3) is 4.72. The maximum Gasteiger partial charge on any atom is 0.130 e. The summed E-state index contributed by atoms with van der Waals surface area (Å²) < 4.78 is 6.16. The summed E-state index contributed by atoms with van der Waals surface area (Å²) in [5.41, 5.74) is 3.90. The first-order chi connectivity index (χ1) is 11.8. The van der Waals surface area contributed by atoms with Crippen LogP contribution in [0.4, 0.5) is 0 Å². The molecule has 25 heavy (non-hydrogen) atoms. The lowest BCUT2D eigenvalue weighted by molar-refractivity contribution is 0.297. The van der Waals surface area contributed by atoms with E-state index in [1.165, 1.54) is 0 Å². The van der Waals surface area contributed by atoms with Gasteiger partial charge in [-0.05, 0) is 35.6 Å². The molecule has 2 rings (SSSR count). The van der Waals surface area contributed by atoms with Crippen molar-refractivity contribution >= 4 is 6.08 Å².